The number of amides is 1. The Balaban J connectivity index is 1.92. The van der Waals surface area contributed by atoms with E-state index in [0.29, 0.717) is 16.1 Å². The highest BCUT2D eigenvalue weighted by Gasteiger charge is 2.29. The van der Waals surface area contributed by atoms with Gasteiger partial charge < -0.3 is 10.2 Å². The summed E-state index contributed by atoms with van der Waals surface area (Å²) in [7, 11) is 2.01. The molecule has 1 aliphatic carbocycles. The highest BCUT2D eigenvalue weighted by Crippen LogP contribution is 2.22. The highest BCUT2D eigenvalue weighted by molar-refractivity contribution is 6.42. The van der Waals surface area contributed by atoms with Crippen molar-refractivity contribution in [2.45, 2.75) is 38.4 Å². The van der Waals surface area contributed by atoms with Gasteiger partial charge in [-0.2, -0.15) is 0 Å². The zero-order valence-corrected chi connectivity index (χ0v) is 12.7. The average Bonchev–Trinajstić information content (AvgIpc) is 3.16. The standard InChI is InChI=1S/C14H18Cl2N2O/c1-9(14(19)17-11-4-5-11)18(2)8-10-3-6-12(15)13(16)7-10/h3,6-7,9,11H,4-5,8H2,1-2H3,(H,17,19)/p+1/t9-/m0/s1. The van der Waals surface area contributed by atoms with Crippen LogP contribution in [-0.4, -0.2) is 25.0 Å². The van der Waals surface area contributed by atoms with Crippen LogP contribution in [0.1, 0.15) is 25.3 Å². The monoisotopic (exact) mass is 301 g/mol. The second-order valence-corrected chi connectivity index (χ2v) is 6.09. The Hall–Kier alpha value is -0.770. The van der Waals surface area contributed by atoms with Crippen molar-refractivity contribution in [3.05, 3.63) is 33.8 Å². The third kappa shape index (κ3) is 4.10. The lowest BCUT2D eigenvalue weighted by Crippen LogP contribution is -3.12. The summed E-state index contributed by atoms with van der Waals surface area (Å²) < 4.78 is 0. The molecule has 0 aromatic heterocycles. The van der Waals surface area contributed by atoms with Crippen LogP contribution in [-0.2, 0) is 11.3 Å². The Morgan fingerprint density at radius 3 is 2.68 bits per heavy atom. The molecule has 1 amide bonds. The molecule has 2 N–H and O–H groups in total. The molecule has 104 valence electrons. The fraction of sp³-hybridized carbons (Fsp3) is 0.500. The molecule has 0 bridgehead atoms. The molecule has 0 spiro atoms. The first-order chi connectivity index (χ1) is 8.97. The van der Waals surface area contributed by atoms with E-state index in [1.165, 1.54) is 0 Å². The van der Waals surface area contributed by atoms with Gasteiger partial charge in [-0.25, -0.2) is 0 Å². The fourth-order valence-electron chi connectivity index (χ4n) is 1.90. The van der Waals surface area contributed by atoms with Crippen LogP contribution >= 0.6 is 23.2 Å². The second kappa shape index (κ2) is 6.12. The number of carbonyl (C=O) groups is 1. The fourth-order valence-corrected chi connectivity index (χ4v) is 2.22. The number of nitrogens with one attached hydrogen (secondary N) is 2. The first-order valence-electron chi connectivity index (χ1n) is 6.54. The van der Waals surface area contributed by atoms with E-state index >= 15 is 0 Å². The molecule has 19 heavy (non-hydrogen) atoms. The minimum atomic E-state index is -0.0740. The van der Waals surface area contributed by atoms with Gasteiger partial charge in [-0.1, -0.05) is 29.3 Å². The maximum atomic E-state index is 12.0. The van der Waals surface area contributed by atoms with Crippen LogP contribution < -0.4 is 10.2 Å². The van der Waals surface area contributed by atoms with Crippen molar-refractivity contribution >= 4 is 29.1 Å². The zero-order chi connectivity index (χ0) is 14.0. The van der Waals surface area contributed by atoms with Crippen molar-refractivity contribution < 1.29 is 9.69 Å². The second-order valence-electron chi connectivity index (χ2n) is 5.28. The Morgan fingerprint density at radius 2 is 2.11 bits per heavy atom. The molecule has 3 nitrogen and oxygen atoms in total. The maximum Gasteiger partial charge on any atom is 0.278 e. The number of benzene rings is 1. The van der Waals surface area contributed by atoms with E-state index in [9.17, 15) is 4.79 Å². The topological polar surface area (TPSA) is 33.5 Å². The van der Waals surface area contributed by atoms with Gasteiger partial charge in [0.05, 0.1) is 17.1 Å². The van der Waals surface area contributed by atoms with Crippen molar-refractivity contribution in [2.75, 3.05) is 7.05 Å². The summed E-state index contributed by atoms with van der Waals surface area (Å²) in [5.41, 5.74) is 1.08. The van der Waals surface area contributed by atoms with Gasteiger partial charge in [0.1, 0.15) is 6.54 Å². The van der Waals surface area contributed by atoms with Gasteiger partial charge in [-0.05, 0) is 31.9 Å². The minimum Gasteiger partial charge on any atom is -0.348 e. The first-order valence-corrected chi connectivity index (χ1v) is 7.29. The number of carbonyl (C=O) groups excluding carboxylic acids is 1. The summed E-state index contributed by atoms with van der Waals surface area (Å²) in [4.78, 5) is 13.1. The summed E-state index contributed by atoms with van der Waals surface area (Å²) in [5, 5.41) is 4.15. The van der Waals surface area contributed by atoms with Gasteiger partial charge in [-0.3, -0.25) is 4.79 Å². The van der Waals surface area contributed by atoms with Crippen molar-refractivity contribution in [3.63, 3.8) is 0 Å². The molecule has 0 radical (unpaired) electrons. The van der Waals surface area contributed by atoms with Crippen molar-refractivity contribution in [1.29, 1.82) is 0 Å². The summed E-state index contributed by atoms with van der Waals surface area (Å²) >= 11 is 11.9. The Morgan fingerprint density at radius 1 is 1.42 bits per heavy atom. The van der Waals surface area contributed by atoms with Crippen LogP contribution in [0.3, 0.4) is 0 Å². The predicted octanol–water partition coefficient (Wildman–Crippen LogP) is 1.68. The minimum absolute atomic E-state index is 0.0740. The number of halogens is 2. The van der Waals surface area contributed by atoms with Crippen LogP contribution in [0.25, 0.3) is 0 Å². The molecule has 2 atom stereocenters. The molecule has 0 heterocycles. The molecule has 1 fully saturated rings. The van der Waals surface area contributed by atoms with Crippen LogP contribution in [0.2, 0.25) is 10.0 Å². The third-order valence-corrected chi connectivity index (χ3v) is 4.26. The van der Waals surface area contributed by atoms with Crippen molar-refractivity contribution in [2.24, 2.45) is 0 Å². The average molecular weight is 302 g/mol. The van der Waals surface area contributed by atoms with E-state index in [1.807, 2.05) is 26.1 Å². The van der Waals surface area contributed by atoms with Gasteiger partial charge in [0, 0.05) is 11.6 Å². The third-order valence-electron chi connectivity index (χ3n) is 3.52. The summed E-state index contributed by atoms with van der Waals surface area (Å²) in [6.07, 6.45) is 2.23. The van der Waals surface area contributed by atoms with E-state index < -0.39 is 0 Å². The molecule has 1 saturated carbocycles. The lowest BCUT2D eigenvalue weighted by atomic mass is 10.2. The van der Waals surface area contributed by atoms with E-state index in [-0.39, 0.29) is 11.9 Å². The van der Waals surface area contributed by atoms with Gasteiger partial charge in [-0.15, -0.1) is 0 Å². The van der Waals surface area contributed by atoms with E-state index in [2.05, 4.69) is 5.32 Å². The first kappa shape index (κ1) is 14.6. The molecule has 2 rings (SSSR count). The normalized spacial score (nSPS) is 17.9. The summed E-state index contributed by atoms with van der Waals surface area (Å²) in [6.45, 7) is 2.70. The van der Waals surface area contributed by atoms with Gasteiger partial charge in [0.25, 0.3) is 5.91 Å². The lowest BCUT2D eigenvalue weighted by molar-refractivity contribution is -0.908. The van der Waals surface area contributed by atoms with Gasteiger partial charge >= 0.3 is 0 Å². The molecule has 1 aromatic rings. The predicted molar refractivity (Wildman–Crippen MR) is 77.7 cm³/mol. The highest BCUT2D eigenvalue weighted by atomic mass is 35.5. The molecular formula is C14H19Cl2N2O+. The number of rotatable bonds is 5. The van der Waals surface area contributed by atoms with E-state index in [1.54, 1.807) is 6.07 Å². The number of hydrogen-bond donors (Lipinski definition) is 2. The van der Waals surface area contributed by atoms with Gasteiger partial charge in [0.15, 0.2) is 6.04 Å². The van der Waals surface area contributed by atoms with E-state index in [0.717, 1.165) is 29.8 Å². The Kier molecular flexibility index (Phi) is 4.71. The molecule has 0 aliphatic heterocycles. The van der Waals surface area contributed by atoms with Crippen molar-refractivity contribution in [3.8, 4) is 0 Å². The maximum absolute atomic E-state index is 12.0. The molecule has 1 aliphatic rings. The lowest BCUT2D eigenvalue weighted by Gasteiger charge is -2.21. The van der Waals surface area contributed by atoms with Crippen LogP contribution in [0.4, 0.5) is 0 Å². The molecule has 0 saturated heterocycles. The van der Waals surface area contributed by atoms with Gasteiger partial charge in [0.2, 0.25) is 0 Å². The molecule has 5 heteroatoms. The summed E-state index contributed by atoms with van der Waals surface area (Å²) in [6, 6.07) is 5.94. The Bertz CT molecular complexity index is 475. The number of likely N-dealkylation sites (N-methyl/N-ethyl adjacent to an activating group) is 1. The molecule has 1 unspecified atom stereocenters. The number of quaternary nitrogens is 1. The van der Waals surface area contributed by atoms with Crippen molar-refractivity contribution in [1.82, 2.24) is 5.32 Å². The quantitative estimate of drug-likeness (QED) is 0.852. The van der Waals surface area contributed by atoms with Crippen LogP contribution in [0, 0.1) is 0 Å². The SMILES string of the molecule is C[C@@H](C(=O)NC1CC1)[NH+](C)Cc1ccc(Cl)c(Cl)c1. The number of hydrogen-bond acceptors (Lipinski definition) is 1. The largest absolute Gasteiger partial charge is 0.348 e. The zero-order valence-electron chi connectivity index (χ0n) is 11.2. The molecular weight excluding hydrogens is 283 g/mol. The molecule has 1 aromatic carbocycles. The van der Waals surface area contributed by atoms with Crippen LogP contribution in [0.5, 0.6) is 0 Å². The Labute approximate surface area is 123 Å². The smallest absolute Gasteiger partial charge is 0.278 e. The summed E-state index contributed by atoms with van der Waals surface area (Å²) in [5.74, 6) is 0.125. The van der Waals surface area contributed by atoms with Crippen LogP contribution in [0.15, 0.2) is 18.2 Å². The van der Waals surface area contributed by atoms with E-state index in [4.69, 9.17) is 23.2 Å².